The lowest BCUT2D eigenvalue weighted by Crippen LogP contribution is -2.13. The molecule has 9 heteroatoms. The first-order valence-electron chi connectivity index (χ1n) is 12.1. The molecule has 0 saturated carbocycles. The predicted octanol–water partition coefficient (Wildman–Crippen LogP) is 5.72. The molecule has 4 rings (SSSR count). The van der Waals surface area contributed by atoms with Crippen molar-refractivity contribution in [1.82, 2.24) is 14.8 Å². The molecular formula is C28H31N5O3S. The van der Waals surface area contributed by atoms with Gasteiger partial charge in [-0.3, -0.25) is 9.36 Å². The molecule has 192 valence electrons. The fourth-order valence-electron chi connectivity index (χ4n) is 3.71. The van der Waals surface area contributed by atoms with Crippen LogP contribution in [0.3, 0.4) is 0 Å². The van der Waals surface area contributed by atoms with E-state index in [2.05, 4.69) is 20.8 Å². The van der Waals surface area contributed by atoms with Crippen molar-refractivity contribution in [3.63, 3.8) is 0 Å². The molecule has 37 heavy (non-hydrogen) atoms. The van der Waals surface area contributed by atoms with E-state index in [-0.39, 0.29) is 5.91 Å². The molecule has 4 aromatic rings. The third-order valence-corrected chi connectivity index (χ3v) is 6.53. The van der Waals surface area contributed by atoms with Crippen LogP contribution in [-0.2, 0) is 11.3 Å². The van der Waals surface area contributed by atoms with Crippen LogP contribution >= 0.6 is 11.8 Å². The van der Waals surface area contributed by atoms with Crippen LogP contribution in [-0.4, -0.2) is 40.1 Å². The molecular weight excluding hydrogens is 486 g/mol. The van der Waals surface area contributed by atoms with Crippen LogP contribution in [0.2, 0.25) is 0 Å². The van der Waals surface area contributed by atoms with Crippen molar-refractivity contribution >= 4 is 29.0 Å². The number of hydrogen-bond acceptors (Lipinski definition) is 7. The van der Waals surface area contributed by atoms with Crippen molar-refractivity contribution in [3.05, 3.63) is 84.2 Å². The molecule has 8 nitrogen and oxygen atoms in total. The summed E-state index contributed by atoms with van der Waals surface area (Å²) < 4.78 is 12.8. The van der Waals surface area contributed by atoms with Crippen LogP contribution < -0.4 is 20.1 Å². The summed E-state index contributed by atoms with van der Waals surface area (Å²) >= 11 is 1.51. The molecule has 0 fully saturated rings. The number of amides is 1. The zero-order chi connectivity index (χ0) is 26.0. The van der Waals surface area contributed by atoms with Gasteiger partial charge in [0, 0.05) is 29.2 Å². The number of ether oxygens (including phenoxy) is 2. The second kappa shape index (κ2) is 12.8. The molecule has 2 N–H and O–H groups in total. The zero-order valence-corrected chi connectivity index (χ0v) is 22.0. The van der Waals surface area contributed by atoms with Gasteiger partial charge in [-0.25, -0.2) is 0 Å². The van der Waals surface area contributed by atoms with Crippen LogP contribution in [0.25, 0.3) is 5.69 Å². The Labute approximate surface area is 221 Å². The Hall–Kier alpha value is -3.98. The van der Waals surface area contributed by atoms with E-state index in [0.717, 1.165) is 45.1 Å². The molecule has 0 aliphatic heterocycles. The fourth-order valence-corrected chi connectivity index (χ4v) is 4.62. The van der Waals surface area contributed by atoms with E-state index < -0.39 is 0 Å². The summed E-state index contributed by atoms with van der Waals surface area (Å²) in [7, 11) is 1.63. The number of nitrogens with one attached hydrogen (secondary N) is 2. The number of methoxy groups -OCH3 is 1. The van der Waals surface area contributed by atoms with E-state index in [1.807, 2.05) is 91.2 Å². The second-order valence-corrected chi connectivity index (χ2v) is 9.27. The third kappa shape index (κ3) is 7.04. The SMILES string of the molecule is CCOc1ccc(NCc2nnc(SCCC(=O)Nc3ccc(OC)cc3C)n2-c2ccccc2)cc1. The first-order chi connectivity index (χ1) is 18.1. The van der Waals surface area contributed by atoms with E-state index in [1.165, 1.54) is 11.8 Å². The quantitative estimate of drug-likeness (QED) is 0.232. The van der Waals surface area contributed by atoms with Crippen LogP contribution in [0.5, 0.6) is 11.5 Å². The fraction of sp³-hybridized carbons (Fsp3) is 0.250. The number of thioether (sulfide) groups is 1. The maximum Gasteiger partial charge on any atom is 0.225 e. The van der Waals surface area contributed by atoms with Crippen LogP contribution in [0.15, 0.2) is 78.0 Å². The smallest absolute Gasteiger partial charge is 0.225 e. The summed E-state index contributed by atoms with van der Waals surface area (Å²) in [5, 5.41) is 16.0. The van der Waals surface area contributed by atoms with Gasteiger partial charge >= 0.3 is 0 Å². The third-order valence-electron chi connectivity index (χ3n) is 5.60. The van der Waals surface area contributed by atoms with E-state index in [1.54, 1.807) is 7.11 Å². The average Bonchev–Trinajstić information content (AvgIpc) is 3.32. The van der Waals surface area contributed by atoms with Crippen molar-refractivity contribution in [1.29, 1.82) is 0 Å². The highest BCUT2D eigenvalue weighted by molar-refractivity contribution is 7.99. The van der Waals surface area contributed by atoms with Crippen LogP contribution in [0.1, 0.15) is 24.7 Å². The molecule has 0 saturated heterocycles. The van der Waals surface area contributed by atoms with Crippen molar-refractivity contribution < 1.29 is 14.3 Å². The summed E-state index contributed by atoms with van der Waals surface area (Å²) in [5.74, 6) is 2.90. The molecule has 0 unspecified atom stereocenters. The Bertz CT molecular complexity index is 1310. The molecule has 0 aliphatic rings. The lowest BCUT2D eigenvalue weighted by Gasteiger charge is -2.12. The number of para-hydroxylation sites is 1. The Morgan fingerprint density at radius 3 is 2.46 bits per heavy atom. The highest BCUT2D eigenvalue weighted by Crippen LogP contribution is 2.25. The Kier molecular flexibility index (Phi) is 9.04. The number of carbonyl (C=O) groups excluding carboxylic acids is 1. The second-order valence-electron chi connectivity index (χ2n) is 8.21. The molecule has 1 amide bonds. The highest BCUT2D eigenvalue weighted by Gasteiger charge is 2.15. The number of benzene rings is 3. The Morgan fingerprint density at radius 1 is 1.00 bits per heavy atom. The van der Waals surface area contributed by atoms with Gasteiger partial charge in [-0.2, -0.15) is 0 Å². The van der Waals surface area contributed by atoms with Crippen LogP contribution in [0, 0.1) is 6.92 Å². The number of nitrogens with zero attached hydrogens (tertiary/aromatic N) is 3. The van der Waals surface area contributed by atoms with Crippen molar-refractivity contribution in [2.75, 3.05) is 30.1 Å². The van der Waals surface area contributed by atoms with Gasteiger partial charge in [0.15, 0.2) is 11.0 Å². The number of carbonyl (C=O) groups is 1. The van der Waals surface area contributed by atoms with Crippen molar-refractivity contribution in [3.8, 4) is 17.2 Å². The van der Waals surface area contributed by atoms with Gasteiger partial charge < -0.3 is 20.1 Å². The van der Waals surface area contributed by atoms with Crippen molar-refractivity contribution in [2.45, 2.75) is 32.0 Å². The molecule has 0 aliphatic carbocycles. The van der Waals surface area contributed by atoms with E-state index >= 15 is 0 Å². The maximum atomic E-state index is 12.6. The molecule has 3 aromatic carbocycles. The van der Waals surface area contributed by atoms with Gasteiger partial charge in [0.2, 0.25) is 5.91 Å². The van der Waals surface area contributed by atoms with E-state index in [0.29, 0.717) is 25.3 Å². The number of rotatable bonds is 12. The summed E-state index contributed by atoms with van der Waals surface area (Å²) in [4.78, 5) is 12.6. The number of aromatic nitrogens is 3. The lowest BCUT2D eigenvalue weighted by atomic mass is 10.2. The summed E-state index contributed by atoms with van der Waals surface area (Å²) in [6.07, 6.45) is 0.345. The highest BCUT2D eigenvalue weighted by atomic mass is 32.2. The maximum absolute atomic E-state index is 12.6. The number of aryl methyl sites for hydroxylation is 1. The largest absolute Gasteiger partial charge is 0.497 e. The average molecular weight is 518 g/mol. The van der Waals surface area contributed by atoms with Crippen LogP contribution in [0.4, 0.5) is 11.4 Å². The summed E-state index contributed by atoms with van der Waals surface area (Å²) in [5.41, 5.74) is 3.67. The lowest BCUT2D eigenvalue weighted by molar-refractivity contribution is -0.115. The Morgan fingerprint density at radius 2 is 1.76 bits per heavy atom. The number of hydrogen-bond donors (Lipinski definition) is 2. The minimum atomic E-state index is -0.0519. The van der Waals surface area contributed by atoms with E-state index in [4.69, 9.17) is 9.47 Å². The van der Waals surface area contributed by atoms with Gasteiger partial charge in [-0.15, -0.1) is 10.2 Å². The first-order valence-corrected chi connectivity index (χ1v) is 13.1. The molecule has 0 atom stereocenters. The summed E-state index contributed by atoms with van der Waals surface area (Å²) in [6, 6.07) is 23.4. The molecule has 1 heterocycles. The minimum Gasteiger partial charge on any atom is -0.497 e. The molecule has 1 aromatic heterocycles. The van der Waals surface area contributed by atoms with Gasteiger partial charge in [0.1, 0.15) is 11.5 Å². The topological polar surface area (TPSA) is 90.3 Å². The first kappa shape index (κ1) is 26.1. The Balaban J connectivity index is 1.40. The minimum absolute atomic E-state index is 0.0519. The predicted molar refractivity (Wildman–Crippen MR) is 148 cm³/mol. The normalized spacial score (nSPS) is 10.7. The molecule has 0 bridgehead atoms. The van der Waals surface area contributed by atoms with E-state index in [9.17, 15) is 4.79 Å². The van der Waals surface area contributed by atoms with Gasteiger partial charge in [0.25, 0.3) is 0 Å². The molecule has 0 spiro atoms. The van der Waals surface area contributed by atoms with Gasteiger partial charge in [-0.1, -0.05) is 30.0 Å². The van der Waals surface area contributed by atoms with Gasteiger partial charge in [0.05, 0.1) is 20.3 Å². The van der Waals surface area contributed by atoms with Gasteiger partial charge in [-0.05, 0) is 74.0 Å². The number of anilines is 2. The van der Waals surface area contributed by atoms with Crippen molar-refractivity contribution in [2.24, 2.45) is 0 Å². The monoisotopic (exact) mass is 517 g/mol. The standard InChI is InChI=1S/C28H31N5O3S/c1-4-36-23-12-10-21(11-13-23)29-19-26-31-32-28(33(26)22-8-6-5-7-9-22)37-17-16-27(34)30-25-15-14-24(35-3)18-20(25)2/h5-15,18,29H,4,16-17,19H2,1-3H3,(H,30,34). The zero-order valence-electron chi connectivity index (χ0n) is 21.2. The summed E-state index contributed by atoms with van der Waals surface area (Å²) in [6.45, 7) is 5.04. The molecule has 0 radical (unpaired) electrons.